The normalized spacial score (nSPS) is 13.0. The predicted molar refractivity (Wildman–Crippen MR) is 198 cm³/mol. The van der Waals surface area contributed by atoms with Crippen LogP contribution in [0.25, 0.3) is 76.8 Å². The molecule has 9 rings (SSSR count). The first-order chi connectivity index (χ1) is 23.0. The van der Waals surface area contributed by atoms with Crippen molar-refractivity contribution in [3.05, 3.63) is 168 Å². The molecule has 8 aromatic rings. The number of rotatable bonds is 3. The molecule has 0 bridgehead atoms. The number of hydrogen-bond donors (Lipinski definition) is 0. The molecule has 0 amide bonds. The maximum absolute atomic E-state index is 9.47. The van der Waals surface area contributed by atoms with E-state index in [1.54, 1.807) is 0 Å². The fourth-order valence-electron chi connectivity index (χ4n) is 7.93. The molecule has 1 nitrogen and oxygen atoms in total. The SMILES string of the molecule is CC1(C)c2cc(-c3cccc(C#N)c3)ccc2-c2ccc(-c3cc4cc(-c5ccccc5)c5ccccc5c4c4ccccc34)cc21. The molecule has 0 fully saturated rings. The zero-order valence-corrected chi connectivity index (χ0v) is 26.4. The first-order valence-corrected chi connectivity index (χ1v) is 16.2. The van der Waals surface area contributed by atoms with Gasteiger partial charge < -0.3 is 0 Å². The molecule has 220 valence electrons. The zero-order chi connectivity index (χ0) is 31.7. The van der Waals surface area contributed by atoms with E-state index in [1.165, 1.54) is 76.8 Å². The number of hydrogen-bond acceptors (Lipinski definition) is 1. The van der Waals surface area contributed by atoms with Crippen molar-refractivity contribution in [3.8, 4) is 50.6 Å². The van der Waals surface area contributed by atoms with Gasteiger partial charge in [-0.3, -0.25) is 0 Å². The van der Waals surface area contributed by atoms with Gasteiger partial charge in [0.05, 0.1) is 11.6 Å². The Morgan fingerprint density at radius 2 is 0.936 bits per heavy atom. The van der Waals surface area contributed by atoms with Crippen LogP contribution in [-0.2, 0) is 5.41 Å². The summed E-state index contributed by atoms with van der Waals surface area (Å²) in [6.07, 6.45) is 0. The average Bonchev–Trinajstić information content (AvgIpc) is 3.36. The minimum absolute atomic E-state index is 0.174. The second-order valence-electron chi connectivity index (χ2n) is 13.2. The van der Waals surface area contributed by atoms with E-state index in [-0.39, 0.29) is 5.41 Å². The molecule has 0 aliphatic heterocycles. The third kappa shape index (κ3) is 4.16. The highest BCUT2D eigenvalue weighted by atomic mass is 14.4. The Labute approximate surface area is 275 Å². The van der Waals surface area contributed by atoms with Crippen LogP contribution in [0, 0.1) is 11.3 Å². The number of nitriles is 1. The highest BCUT2D eigenvalue weighted by molar-refractivity contribution is 6.25. The fraction of sp³-hybridized carbons (Fsp3) is 0.0652. The van der Waals surface area contributed by atoms with Crippen LogP contribution in [0.3, 0.4) is 0 Å². The molecule has 8 aromatic carbocycles. The Kier molecular flexibility index (Phi) is 5.98. The maximum atomic E-state index is 9.47. The van der Waals surface area contributed by atoms with Gasteiger partial charge >= 0.3 is 0 Å². The number of fused-ring (bicyclic) bond motifs is 8. The van der Waals surface area contributed by atoms with Crippen molar-refractivity contribution in [1.29, 1.82) is 5.26 Å². The summed E-state index contributed by atoms with van der Waals surface area (Å²) in [5, 5.41) is 17.1. The van der Waals surface area contributed by atoms with E-state index in [2.05, 4.69) is 153 Å². The molecule has 0 heterocycles. The summed E-state index contributed by atoms with van der Waals surface area (Å²) < 4.78 is 0. The monoisotopic (exact) mass is 597 g/mol. The summed E-state index contributed by atoms with van der Waals surface area (Å²) in [6, 6.07) is 57.3. The van der Waals surface area contributed by atoms with Crippen LogP contribution in [0.15, 0.2) is 152 Å². The Morgan fingerprint density at radius 1 is 0.426 bits per heavy atom. The molecular weight excluding hydrogens is 567 g/mol. The fourth-order valence-corrected chi connectivity index (χ4v) is 7.93. The molecule has 0 unspecified atom stereocenters. The van der Waals surface area contributed by atoms with Gasteiger partial charge in [-0.15, -0.1) is 0 Å². The van der Waals surface area contributed by atoms with Crippen LogP contribution in [-0.4, -0.2) is 0 Å². The van der Waals surface area contributed by atoms with Crippen LogP contribution in [0.5, 0.6) is 0 Å². The molecule has 0 aromatic heterocycles. The minimum atomic E-state index is -0.174. The van der Waals surface area contributed by atoms with Crippen LogP contribution in [0.2, 0.25) is 0 Å². The number of benzene rings is 8. The highest BCUT2D eigenvalue weighted by Crippen LogP contribution is 2.51. The molecule has 0 radical (unpaired) electrons. The first-order valence-electron chi connectivity index (χ1n) is 16.2. The van der Waals surface area contributed by atoms with Gasteiger partial charge in [0.1, 0.15) is 0 Å². The standard InChI is InChI=1S/C46H31N/c1-46(2)43-26-32(31-14-10-11-29(23-31)28-47)19-21-37(43)38-22-20-33(27-44(38)46)42-25-34-24-41(30-12-4-3-5-13-30)35-15-6-8-17-39(35)45(34)40-18-9-7-16-36(40)42/h3-27H,1-2H3. The molecular formula is C46H31N. The first kappa shape index (κ1) is 27.3. The quantitative estimate of drug-likeness (QED) is 0.186. The van der Waals surface area contributed by atoms with E-state index < -0.39 is 0 Å². The van der Waals surface area contributed by atoms with Crippen molar-refractivity contribution in [1.82, 2.24) is 0 Å². The lowest BCUT2D eigenvalue weighted by molar-refractivity contribution is 0.661. The molecule has 1 aliphatic carbocycles. The van der Waals surface area contributed by atoms with Gasteiger partial charge in [-0.1, -0.05) is 129 Å². The number of nitrogens with zero attached hydrogens (tertiary/aromatic N) is 1. The lowest BCUT2D eigenvalue weighted by Gasteiger charge is -2.23. The van der Waals surface area contributed by atoms with E-state index in [9.17, 15) is 5.26 Å². The maximum Gasteiger partial charge on any atom is 0.0991 e. The summed E-state index contributed by atoms with van der Waals surface area (Å²) in [7, 11) is 0. The zero-order valence-electron chi connectivity index (χ0n) is 26.4. The lowest BCUT2D eigenvalue weighted by atomic mass is 9.80. The predicted octanol–water partition coefficient (Wildman–Crippen LogP) is 12.3. The Hall–Kier alpha value is -5.97. The van der Waals surface area contributed by atoms with E-state index in [0.717, 1.165) is 11.1 Å². The van der Waals surface area contributed by atoms with Gasteiger partial charge in [0.2, 0.25) is 0 Å². The molecule has 1 heteroatoms. The Balaban J connectivity index is 1.24. The van der Waals surface area contributed by atoms with Crippen molar-refractivity contribution in [3.63, 3.8) is 0 Å². The van der Waals surface area contributed by atoms with Crippen molar-refractivity contribution >= 4 is 32.3 Å². The van der Waals surface area contributed by atoms with Crippen molar-refractivity contribution in [2.24, 2.45) is 0 Å². The van der Waals surface area contributed by atoms with Gasteiger partial charge in [0, 0.05) is 5.41 Å². The van der Waals surface area contributed by atoms with E-state index in [1.807, 2.05) is 18.2 Å². The third-order valence-electron chi connectivity index (χ3n) is 10.3. The second kappa shape index (κ2) is 10.3. The molecule has 0 saturated carbocycles. The molecule has 0 N–H and O–H groups in total. The van der Waals surface area contributed by atoms with Crippen LogP contribution in [0.4, 0.5) is 0 Å². The average molecular weight is 598 g/mol. The molecule has 0 saturated heterocycles. The molecule has 1 aliphatic rings. The summed E-state index contributed by atoms with van der Waals surface area (Å²) in [4.78, 5) is 0. The second-order valence-corrected chi connectivity index (χ2v) is 13.2. The topological polar surface area (TPSA) is 23.8 Å². The summed E-state index contributed by atoms with van der Waals surface area (Å²) in [5.41, 5.74) is 13.0. The van der Waals surface area contributed by atoms with Crippen LogP contribution >= 0.6 is 0 Å². The van der Waals surface area contributed by atoms with Gasteiger partial charge in [-0.25, -0.2) is 0 Å². The Bertz CT molecular complexity index is 2600. The van der Waals surface area contributed by atoms with Crippen molar-refractivity contribution in [2.45, 2.75) is 19.3 Å². The van der Waals surface area contributed by atoms with Gasteiger partial charge in [-0.2, -0.15) is 5.26 Å². The van der Waals surface area contributed by atoms with E-state index in [4.69, 9.17) is 0 Å². The lowest BCUT2D eigenvalue weighted by Crippen LogP contribution is -2.15. The Morgan fingerprint density at radius 3 is 1.57 bits per heavy atom. The summed E-state index contributed by atoms with van der Waals surface area (Å²) in [5.74, 6) is 0. The molecule has 0 atom stereocenters. The van der Waals surface area contributed by atoms with E-state index in [0.29, 0.717) is 5.56 Å². The van der Waals surface area contributed by atoms with Crippen LogP contribution in [0.1, 0.15) is 30.5 Å². The van der Waals surface area contributed by atoms with Gasteiger partial charge in [-0.05, 0) is 124 Å². The third-order valence-corrected chi connectivity index (χ3v) is 10.3. The van der Waals surface area contributed by atoms with Gasteiger partial charge in [0.25, 0.3) is 0 Å². The largest absolute Gasteiger partial charge is 0.192 e. The van der Waals surface area contributed by atoms with E-state index >= 15 is 0 Å². The minimum Gasteiger partial charge on any atom is -0.192 e. The van der Waals surface area contributed by atoms with Crippen molar-refractivity contribution < 1.29 is 0 Å². The molecule has 0 spiro atoms. The van der Waals surface area contributed by atoms with Gasteiger partial charge in [0.15, 0.2) is 0 Å². The van der Waals surface area contributed by atoms with Crippen LogP contribution < -0.4 is 0 Å². The summed E-state index contributed by atoms with van der Waals surface area (Å²) in [6.45, 7) is 4.68. The molecule has 47 heavy (non-hydrogen) atoms. The van der Waals surface area contributed by atoms with Crippen molar-refractivity contribution in [2.75, 3.05) is 0 Å². The smallest absolute Gasteiger partial charge is 0.0991 e. The highest BCUT2D eigenvalue weighted by Gasteiger charge is 2.36. The summed E-state index contributed by atoms with van der Waals surface area (Å²) >= 11 is 0.